The molecule has 2 amide bonds. The lowest BCUT2D eigenvalue weighted by molar-refractivity contribution is -0.124. The predicted molar refractivity (Wildman–Crippen MR) is 134 cm³/mol. The molecule has 1 atom stereocenters. The molecule has 1 heterocycles. The molecule has 3 aromatic carbocycles. The van der Waals surface area contributed by atoms with Gasteiger partial charge in [-0.2, -0.15) is 0 Å². The number of halogens is 1. The molecule has 0 bridgehead atoms. The van der Waals surface area contributed by atoms with E-state index in [0.717, 1.165) is 5.56 Å². The van der Waals surface area contributed by atoms with Crippen LogP contribution >= 0.6 is 23.8 Å². The lowest BCUT2D eigenvalue weighted by Gasteiger charge is -2.24. The Bertz CT molecular complexity index is 1150. The van der Waals surface area contributed by atoms with E-state index in [-0.39, 0.29) is 18.2 Å². The summed E-state index contributed by atoms with van der Waals surface area (Å²) in [5, 5.41) is 3.77. The Labute approximate surface area is 202 Å². The molecule has 1 saturated heterocycles. The molecule has 3 aromatic rings. The van der Waals surface area contributed by atoms with Crippen molar-refractivity contribution in [2.45, 2.75) is 19.0 Å². The maximum absolute atomic E-state index is 13.5. The molecular formula is C25H22ClN3O3S. The summed E-state index contributed by atoms with van der Waals surface area (Å²) >= 11 is 11.6. The highest BCUT2D eigenvalue weighted by molar-refractivity contribution is 7.80. The summed E-state index contributed by atoms with van der Waals surface area (Å²) in [6.45, 7) is 0.414. The second kappa shape index (κ2) is 10.0. The van der Waals surface area contributed by atoms with E-state index >= 15 is 0 Å². The Morgan fingerprint density at radius 1 is 1.03 bits per heavy atom. The molecule has 0 unspecified atom stereocenters. The van der Waals surface area contributed by atoms with Crippen LogP contribution in [-0.2, 0) is 16.1 Å². The topological polar surface area (TPSA) is 61.9 Å². The van der Waals surface area contributed by atoms with Gasteiger partial charge in [0, 0.05) is 17.3 Å². The van der Waals surface area contributed by atoms with Gasteiger partial charge in [-0.15, -0.1) is 0 Å². The normalized spacial score (nSPS) is 15.6. The van der Waals surface area contributed by atoms with Crippen molar-refractivity contribution in [1.29, 1.82) is 0 Å². The molecule has 6 nitrogen and oxygen atoms in total. The summed E-state index contributed by atoms with van der Waals surface area (Å²) < 4.78 is 5.22. The van der Waals surface area contributed by atoms with Crippen molar-refractivity contribution in [3.8, 4) is 5.75 Å². The van der Waals surface area contributed by atoms with E-state index < -0.39 is 6.04 Å². The number of carbonyl (C=O) groups is 2. The summed E-state index contributed by atoms with van der Waals surface area (Å²) in [5.74, 6) is 0.150. The summed E-state index contributed by atoms with van der Waals surface area (Å²) in [6.07, 6.45) is -0.0406. The second-order valence-corrected chi connectivity index (χ2v) is 8.34. The Kier molecular flexibility index (Phi) is 6.91. The Morgan fingerprint density at radius 2 is 1.70 bits per heavy atom. The standard InChI is InChI=1S/C25H22ClN3O3S/c1-32-21-13-11-20(12-14-21)29-24(31)22(15-23(30)27-19-9-7-18(26)8-10-19)28(25(29)33)16-17-5-3-2-4-6-17/h2-14,22H,15-16H2,1H3,(H,27,30)/t22-/m1/s1. The molecule has 33 heavy (non-hydrogen) atoms. The largest absolute Gasteiger partial charge is 0.497 e. The molecule has 4 rings (SSSR count). The van der Waals surface area contributed by atoms with Crippen LogP contribution in [0.15, 0.2) is 78.9 Å². The maximum Gasteiger partial charge on any atom is 0.256 e. The third-order valence-corrected chi connectivity index (χ3v) is 6.02. The van der Waals surface area contributed by atoms with E-state index in [9.17, 15) is 9.59 Å². The SMILES string of the molecule is COc1ccc(N2C(=O)[C@@H](CC(=O)Nc3ccc(Cl)cc3)N(Cc3ccccc3)C2=S)cc1. The number of methoxy groups -OCH3 is 1. The average molecular weight is 480 g/mol. The minimum Gasteiger partial charge on any atom is -0.497 e. The van der Waals surface area contributed by atoms with E-state index in [1.807, 2.05) is 30.3 Å². The van der Waals surface area contributed by atoms with E-state index in [0.29, 0.717) is 33.8 Å². The summed E-state index contributed by atoms with van der Waals surface area (Å²) in [7, 11) is 1.58. The smallest absolute Gasteiger partial charge is 0.256 e. The monoisotopic (exact) mass is 479 g/mol. The number of anilines is 2. The molecule has 1 aliphatic rings. The van der Waals surface area contributed by atoms with E-state index in [2.05, 4.69) is 5.32 Å². The Balaban J connectivity index is 1.59. The van der Waals surface area contributed by atoms with Crippen LogP contribution in [-0.4, -0.2) is 35.0 Å². The van der Waals surface area contributed by atoms with Crippen molar-refractivity contribution in [2.24, 2.45) is 0 Å². The van der Waals surface area contributed by atoms with Gasteiger partial charge in [-0.25, -0.2) is 0 Å². The molecule has 1 N–H and O–H groups in total. The van der Waals surface area contributed by atoms with E-state index in [1.165, 1.54) is 4.90 Å². The van der Waals surface area contributed by atoms with Crippen molar-refractivity contribution in [3.05, 3.63) is 89.4 Å². The number of nitrogens with zero attached hydrogens (tertiary/aromatic N) is 2. The third kappa shape index (κ3) is 5.16. The fourth-order valence-corrected chi connectivity index (χ4v) is 4.20. The fraction of sp³-hybridized carbons (Fsp3) is 0.160. The van der Waals surface area contributed by atoms with Crippen LogP contribution in [0, 0.1) is 0 Å². The number of hydrogen-bond donors (Lipinski definition) is 1. The minimum atomic E-state index is -0.730. The number of thiocarbonyl (C=S) groups is 1. The molecule has 0 aliphatic carbocycles. The molecule has 168 valence electrons. The molecular weight excluding hydrogens is 458 g/mol. The maximum atomic E-state index is 13.5. The number of rotatable bonds is 7. The number of ether oxygens (including phenoxy) is 1. The van der Waals surface area contributed by atoms with Crippen molar-refractivity contribution >= 4 is 52.1 Å². The zero-order chi connectivity index (χ0) is 23.4. The van der Waals surface area contributed by atoms with Crippen LogP contribution in [0.1, 0.15) is 12.0 Å². The molecule has 0 spiro atoms. The highest BCUT2D eigenvalue weighted by Gasteiger charge is 2.44. The van der Waals surface area contributed by atoms with Crippen LogP contribution in [0.4, 0.5) is 11.4 Å². The van der Waals surface area contributed by atoms with Crippen LogP contribution in [0.2, 0.25) is 5.02 Å². The van der Waals surface area contributed by atoms with Gasteiger partial charge in [-0.3, -0.25) is 14.5 Å². The molecule has 0 radical (unpaired) electrons. The summed E-state index contributed by atoms with van der Waals surface area (Å²) in [4.78, 5) is 29.6. The van der Waals surface area contributed by atoms with Crippen LogP contribution in [0.25, 0.3) is 0 Å². The molecule has 0 aromatic heterocycles. The highest BCUT2D eigenvalue weighted by Crippen LogP contribution is 2.30. The van der Waals surface area contributed by atoms with Crippen LogP contribution in [0.3, 0.4) is 0 Å². The van der Waals surface area contributed by atoms with Crippen LogP contribution in [0.5, 0.6) is 5.75 Å². The van der Waals surface area contributed by atoms with Gasteiger partial charge in [0.1, 0.15) is 11.8 Å². The van der Waals surface area contributed by atoms with Gasteiger partial charge in [0.2, 0.25) is 5.91 Å². The van der Waals surface area contributed by atoms with E-state index in [4.69, 9.17) is 28.6 Å². The average Bonchev–Trinajstić information content (AvgIpc) is 3.05. The summed E-state index contributed by atoms with van der Waals surface area (Å²) in [5.41, 5.74) is 2.23. The number of nitrogens with one attached hydrogen (secondary N) is 1. The Morgan fingerprint density at radius 3 is 2.33 bits per heavy atom. The number of hydrogen-bond acceptors (Lipinski definition) is 4. The van der Waals surface area contributed by atoms with Crippen molar-refractivity contribution in [1.82, 2.24) is 4.90 Å². The van der Waals surface area contributed by atoms with E-state index in [1.54, 1.807) is 60.5 Å². The van der Waals surface area contributed by atoms with Crippen LogP contribution < -0.4 is 15.0 Å². The first-order valence-electron chi connectivity index (χ1n) is 10.3. The number of amides is 2. The second-order valence-electron chi connectivity index (χ2n) is 7.54. The quantitative estimate of drug-likeness (QED) is 0.489. The lowest BCUT2D eigenvalue weighted by atomic mass is 10.1. The Hall–Kier alpha value is -3.42. The molecule has 1 aliphatic heterocycles. The first-order chi connectivity index (χ1) is 16.0. The first kappa shape index (κ1) is 22.8. The van der Waals surface area contributed by atoms with Gasteiger partial charge < -0.3 is 15.0 Å². The zero-order valence-electron chi connectivity index (χ0n) is 17.9. The van der Waals surface area contributed by atoms with Crippen molar-refractivity contribution < 1.29 is 14.3 Å². The number of benzene rings is 3. The van der Waals surface area contributed by atoms with Gasteiger partial charge in [0.25, 0.3) is 5.91 Å². The molecule has 0 saturated carbocycles. The van der Waals surface area contributed by atoms with Gasteiger partial charge in [0.05, 0.1) is 19.2 Å². The summed E-state index contributed by atoms with van der Waals surface area (Å²) in [6, 6.07) is 22.9. The zero-order valence-corrected chi connectivity index (χ0v) is 19.5. The van der Waals surface area contributed by atoms with Gasteiger partial charge in [-0.05, 0) is 66.3 Å². The molecule has 8 heteroatoms. The lowest BCUT2D eigenvalue weighted by Crippen LogP contribution is -2.37. The number of carbonyl (C=O) groups excluding carboxylic acids is 2. The van der Waals surface area contributed by atoms with Crippen molar-refractivity contribution in [3.63, 3.8) is 0 Å². The van der Waals surface area contributed by atoms with Crippen molar-refractivity contribution in [2.75, 3.05) is 17.3 Å². The minimum absolute atomic E-state index is 0.0406. The van der Waals surface area contributed by atoms with Gasteiger partial charge in [-0.1, -0.05) is 41.9 Å². The molecule has 1 fully saturated rings. The third-order valence-electron chi connectivity index (χ3n) is 5.35. The highest BCUT2D eigenvalue weighted by atomic mass is 35.5. The van der Waals surface area contributed by atoms with Gasteiger partial charge in [0.15, 0.2) is 5.11 Å². The fourth-order valence-electron chi connectivity index (χ4n) is 3.68. The predicted octanol–water partition coefficient (Wildman–Crippen LogP) is 4.88. The first-order valence-corrected chi connectivity index (χ1v) is 11.1. The van der Waals surface area contributed by atoms with Gasteiger partial charge >= 0.3 is 0 Å².